The van der Waals surface area contributed by atoms with Crippen molar-refractivity contribution in [2.75, 3.05) is 23.4 Å². The fourth-order valence-corrected chi connectivity index (χ4v) is 3.56. The minimum absolute atomic E-state index is 0.0257. The Morgan fingerprint density at radius 1 is 0.892 bits per heavy atom. The van der Waals surface area contributed by atoms with Gasteiger partial charge in [0.05, 0.1) is 16.3 Å². The van der Waals surface area contributed by atoms with Crippen LogP contribution in [0.1, 0.15) is 10.4 Å². The first kappa shape index (κ1) is 24.7. The number of hydrazine groups is 1. The van der Waals surface area contributed by atoms with Crippen LogP contribution in [0.2, 0.25) is 0 Å². The van der Waals surface area contributed by atoms with Crippen molar-refractivity contribution >= 4 is 23.4 Å². The minimum atomic E-state index is -1.28. The fourth-order valence-electron chi connectivity index (χ4n) is 3.56. The first-order valence-electron chi connectivity index (χ1n) is 10.9. The highest BCUT2D eigenvalue weighted by Crippen LogP contribution is 2.32. The molecule has 0 unspecified atom stereocenters. The van der Waals surface area contributed by atoms with Crippen molar-refractivity contribution in [3.63, 3.8) is 0 Å². The lowest BCUT2D eigenvalue weighted by molar-refractivity contribution is -0.494. The summed E-state index contributed by atoms with van der Waals surface area (Å²) in [4.78, 5) is 47.1. The first-order chi connectivity index (χ1) is 17.8. The molecule has 13 heteroatoms. The van der Waals surface area contributed by atoms with E-state index in [-0.39, 0.29) is 47.5 Å². The number of nitro groups is 2. The van der Waals surface area contributed by atoms with Crippen LogP contribution >= 0.6 is 0 Å². The molecule has 2 heterocycles. The van der Waals surface area contributed by atoms with Gasteiger partial charge in [-0.2, -0.15) is 0 Å². The number of nitro benzene ring substituents is 1. The molecule has 186 valence electrons. The molecule has 13 nitrogen and oxygen atoms in total. The lowest BCUT2D eigenvalue weighted by Gasteiger charge is -2.16. The van der Waals surface area contributed by atoms with E-state index < -0.39 is 15.9 Å². The summed E-state index contributed by atoms with van der Waals surface area (Å²) in [7, 11) is 0. The third-order valence-electron chi connectivity index (χ3n) is 5.24. The second kappa shape index (κ2) is 10.9. The van der Waals surface area contributed by atoms with E-state index in [1.54, 1.807) is 42.5 Å². The fraction of sp³-hybridized carbons (Fsp3) is 0.0833. The zero-order chi connectivity index (χ0) is 26.4. The normalized spacial score (nSPS) is 10.5. The van der Waals surface area contributed by atoms with Crippen molar-refractivity contribution in [1.29, 1.82) is 0 Å². The summed E-state index contributed by atoms with van der Waals surface area (Å²) in [6, 6.07) is 18.7. The van der Waals surface area contributed by atoms with Crippen LogP contribution in [0.5, 0.6) is 0 Å². The highest BCUT2D eigenvalue weighted by molar-refractivity contribution is 6.01. The van der Waals surface area contributed by atoms with Gasteiger partial charge in [0.2, 0.25) is 5.95 Å². The van der Waals surface area contributed by atoms with Crippen molar-refractivity contribution in [1.82, 2.24) is 15.0 Å². The average Bonchev–Trinajstić information content (AvgIpc) is 2.91. The first-order valence-corrected chi connectivity index (χ1v) is 10.9. The number of aromatic nitrogens is 3. The Bertz CT molecular complexity index is 1430. The average molecular weight is 501 g/mol. The second-order valence-corrected chi connectivity index (χ2v) is 7.57. The van der Waals surface area contributed by atoms with E-state index in [9.17, 15) is 30.1 Å². The predicted molar refractivity (Wildman–Crippen MR) is 134 cm³/mol. The molecule has 0 spiro atoms. The quantitative estimate of drug-likeness (QED) is 0.238. The largest absolute Gasteiger partial charge is 0.478 e. The zero-order valence-corrected chi connectivity index (χ0v) is 19.1. The van der Waals surface area contributed by atoms with Crippen molar-refractivity contribution in [2.45, 2.75) is 0 Å². The SMILES string of the molecule is O=C(O)c1c(-c2ccccc2)nc(NCCN(c2ccccn2)[N+](=O)[O-])nc1-c1ccc([N+](=O)[O-])cc1. The Morgan fingerprint density at radius 3 is 2.05 bits per heavy atom. The van der Waals surface area contributed by atoms with E-state index in [0.29, 0.717) is 11.1 Å². The molecule has 4 rings (SSSR count). The summed E-state index contributed by atoms with van der Waals surface area (Å²) in [5.74, 6) is -1.11. The van der Waals surface area contributed by atoms with E-state index in [1.807, 2.05) is 0 Å². The van der Waals surface area contributed by atoms with Crippen molar-refractivity contribution in [3.05, 3.63) is 105 Å². The number of nitrogens with zero attached hydrogens (tertiary/aromatic N) is 6. The maximum Gasteiger partial charge on any atom is 0.340 e. The highest BCUT2D eigenvalue weighted by atomic mass is 16.7. The van der Waals surface area contributed by atoms with Crippen molar-refractivity contribution in [2.24, 2.45) is 0 Å². The molecular weight excluding hydrogens is 482 g/mol. The van der Waals surface area contributed by atoms with Gasteiger partial charge in [0.1, 0.15) is 12.1 Å². The van der Waals surface area contributed by atoms with Gasteiger partial charge in [-0.15, -0.1) is 0 Å². The standard InChI is InChI=1S/C24H19N7O6/c32-23(33)20-21(16-6-2-1-3-7-16)27-24(28-22(20)17-9-11-18(12-10-17)30(34)35)26-14-15-29(31(36)37)19-8-4-5-13-25-19/h1-13H,14-15H2,(H,32,33)(H,26,27,28). The van der Waals surface area contributed by atoms with Gasteiger partial charge < -0.3 is 10.4 Å². The molecule has 0 fully saturated rings. The van der Waals surface area contributed by atoms with Gasteiger partial charge in [-0.1, -0.05) is 41.4 Å². The van der Waals surface area contributed by atoms with Crippen LogP contribution in [0.3, 0.4) is 0 Å². The van der Waals surface area contributed by atoms with Gasteiger partial charge >= 0.3 is 5.97 Å². The third kappa shape index (κ3) is 5.62. The summed E-state index contributed by atoms with van der Waals surface area (Å²) in [6.45, 7) is -0.0699. The summed E-state index contributed by atoms with van der Waals surface area (Å²) in [5.41, 5.74) is 0.640. The van der Waals surface area contributed by atoms with E-state index in [2.05, 4.69) is 20.3 Å². The predicted octanol–water partition coefficient (Wildman–Crippen LogP) is 3.92. The Hall–Kier alpha value is -5.46. The molecule has 0 aliphatic heterocycles. The monoisotopic (exact) mass is 501 g/mol. The molecule has 0 saturated heterocycles. The molecule has 2 aromatic carbocycles. The maximum absolute atomic E-state index is 12.3. The van der Waals surface area contributed by atoms with Gasteiger partial charge in [-0.25, -0.2) is 29.9 Å². The number of carboxylic acids is 1. The maximum atomic E-state index is 12.3. The van der Waals surface area contributed by atoms with Crippen LogP contribution in [0.15, 0.2) is 79.0 Å². The molecule has 0 aliphatic carbocycles. The smallest absolute Gasteiger partial charge is 0.340 e. The van der Waals surface area contributed by atoms with Gasteiger partial charge in [0, 0.05) is 36.0 Å². The Balaban J connectivity index is 1.73. The summed E-state index contributed by atoms with van der Waals surface area (Å²) in [5, 5.41) is 35.8. The van der Waals surface area contributed by atoms with E-state index in [1.165, 1.54) is 36.5 Å². The number of rotatable bonds is 10. The van der Waals surface area contributed by atoms with Crippen molar-refractivity contribution < 1.29 is 19.9 Å². The molecule has 0 atom stereocenters. The number of pyridine rings is 1. The molecule has 4 aromatic rings. The molecule has 0 saturated carbocycles. The van der Waals surface area contributed by atoms with E-state index in [0.717, 1.165) is 5.01 Å². The van der Waals surface area contributed by atoms with Crippen LogP contribution in [-0.2, 0) is 0 Å². The molecular formula is C24H19N7O6. The summed E-state index contributed by atoms with van der Waals surface area (Å²) < 4.78 is 0. The summed E-state index contributed by atoms with van der Waals surface area (Å²) in [6.07, 6.45) is 1.44. The number of non-ortho nitro benzene ring substituents is 1. The molecule has 0 amide bonds. The second-order valence-electron chi connectivity index (χ2n) is 7.57. The van der Waals surface area contributed by atoms with Gasteiger partial charge in [-0.3, -0.25) is 10.1 Å². The highest BCUT2D eigenvalue weighted by Gasteiger charge is 2.24. The molecule has 0 bridgehead atoms. The van der Waals surface area contributed by atoms with Crippen molar-refractivity contribution in [3.8, 4) is 22.5 Å². The van der Waals surface area contributed by atoms with Crippen LogP contribution < -0.4 is 10.3 Å². The lowest BCUT2D eigenvalue weighted by atomic mass is 10.00. The molecule has 0 radical (unpaired) electrons. The number of carboxylic acid groups (broad SMARTS) is 1. The van der Waals surface area contributed by atoms with Crippen LogP contribution in [-0.4, -0.2) is 49.1 Å². The van der Waals surface area contributed by atoms with Crippen LogP contribution in [0, 0.1) is 20.2 Å². The molecule has 2 aromatic heterocycles. The number of hydrogen-bond donors (Lipinski definition) is 2. The van der Waals surface area contributed by atoms with E-state index >= 15 is 0 Å². The van der Waals surface area contributed by atoms with Gasteiger partial charge in [-0.05, 0) is 24.3 Å². The Kier molecular flexibility index (Phi) is 7.24. The van der Waals surface area contributed by atoms with Crippen LogP contribution in [0.4, 0.5) is 17.5 Å². The zero-order valence-electron chi connectivity index (χ0n) is 19.1. The number of nitrogens with one attached hydrogen (secondary N) is 1. The minimum Gasteiger partial charge on any atom is -0.478 e. The summed E-state index contributed by atoms with van der Waals surface area (Å²) >= 11 is 0. The van der Waals surface area contributed by atoms with Crippen LogP contribution in [0.25, 0.3) is 22.5 Å². The number of benzene rings is 2. The number of hydrogen-bond acceptors (Lipinski definition) is 9. The Morgan fingerprint density at radius 2 is 1.51 bits per heavy atom. The molecule has 37 heavy (non-hydrogen) atoms. The lowest BCUT2D eigenvalue weighted by Crippen LogP contribution is -2.35. The molecule has 0 aliphatic rings. The third-order valence-corrected chi connectivity index (χ3v) is 5.24. The number of aromatic carboxylic acids is 1. The number of carbonyl (C=O) groups is 1. The molecule has 2 N–H and O–H groups in total. The van der Waals surface area contributed by atoms with Gasteiger partial charge in [0.15, 0.2) is 10.9 Å². The van der Waals surface area contributed by atoms with E-state index in [4.69, 9.17) is 0 Å². The number of anilines is 2. The van der Waals surface area contributed by atoms with Gasteiger partial charge in [0.25, 0.3) is 5.69 Å². The Labute approximate surface area is 209 Å². The topological polar surface area (TPSA) is 178 Å².